The third kappa shape index (κ3) is 5.25. The molecule has 0 aliphatic carbocycles. The SMILES string of the molecule is CCCCCCC(NCCC)C(CC)(CC)N1CCCC1. The first-order valence-electron chi connectivity index (χ1n) is 9.73. The standard InChI is InChI=1S/C19H40N2/c1-5-9-10-11-14-18(20-15-6-2)19(7-3,8-4)21-16-12-13-17-21/h18,20H,5-17H2,1-4H3. The summed E-state index contributed by atoms with van der Waals surface area (Å²) in [6.07, 6.45) is 13.5. The smallest absolute Gasteiger partial charge is 0.0357 e. The fraction of sp³-hybridized carbons (Fsp3) is 1.00. The number of unbranched alkanes of at least 4 members (excludes halogenated alkanes) is 3. The van der Waals surface area contributed by atoms with Gasteiger partial charge in [0.2, 0.25) is 0 Å². The van der Waals surface area contributed by atoms with Crippen molar-refractivity contribution in [1.29, 1.82) is 0 Å². The van der Waals surface area contributed by atoms with Gasteiger partial charge in [-0.3, -0.25) is 4.90 Å². The molecule has 0 saturated carbocycles. The van der Waals surface area contributed by atoms with Crippen molar-refractivity contribution in [1.82, 2.24) is 10.2 Å². The summed E-state index contributed by atoms with van der Waals surface area (Å²) in [5, 5.41) is 3.92. The van der Waals surface area contributed by atoms with Gasteiger partial charge >= 0.3 is 0 Å². The maximum absolute atomic E-state index is 3.92. The van der Waals surface area contributed by atoms with Crippen LogP contribution >= 0.6 is 0 Å². The second kappa shape index (κ2) is 10.6. The molecule has 1 fully saturated rings. The first-order chi connectivity index (χ1) is 10.2. The van der Waals surface area contributed by atoms with E-state index in [1.165, 1.54) is 83.8 Å². The minimum atomic E-state index is 0.401. The number of nitrogens with zero attached hydrogens (tertiary/aromatic N) is 1. The second-order valence-electron chi connectivity index (χ2n) is 6.86. The van der Waals surface area contributed by atoms with Crippen LogP contribution in [0.15, 0.2) is 0 Å². The molecule has 0 aromatic heterocycles. The molecule has 0 spiro atoms. The predicted octanol–water partition coefficient (Wildman–Crippen LogP) is 4.98. The Morgan fingerprint density at radius 1 is 0.905 bits per heavy atom. The minimum Gasteiger partial charge on any atom is -0.312 e. The van der Waals surface area contributed by atoms with Gasteiger partial charge in [0.25, 0.3) is 0 Å². The molecule has 0 aromatic rings. The van der Waals surface area contributed by atoms with Gasteiger partial charge in [-0.05, 0) is 58.2 Å². The summed E-state index contributed by atoms with van der Waals surface area (Å²) in [6, 6.07) is 0.683. The lowest BCUT2D eigenvalue weighted by Crippen LogP contribution is -2.60. The van der Waals surface area contributed by atoms with E-state index in [0.717, 1.165) is 0 Å². The van der Waals surface area contributed by atoms with E-state index in [9.17, 15) is 0 Å². The molecule has 126 valence electrons. The average Bonchev–Trinajstić information content (AvgIpc) is 3.04. The van der Waals surface area contributed by atoms with Crippen molar-refractivity contribution in [2.75, 3.05) is 19.6 Å². The molecule has 1 atom stereocenters. The largest absolute Gasteiger partial charge is 0.312 e. The van der Waals surface area contributed by atoms with E-state index in [1.807, 2.05) is 0 Å². The van der Waals surface area contributed by atoms with Crippen LogP contribution < -0.4 is 5.32 Å². The van der Waals surface area contributed by atoms with E-state index in [4.69, 9.17) is 0 Å². The van der Waals surface area contributed by atoms with Crippen LogP contribution in [-0.2, 0) is 0 Å². The van der Waals surface area contributed by atoms with Crippen LogP contribution in [0, 0.1) is 0 Å². The van der Waals surface area contributed by atoms with Crippen molar-refractivity contribution in [2.45, 2.75) is 103 Å². The fourth-order valence-corrected chi connectivity index (χ4v) is 4.23. The quantitative estimate of drug-likeness (QED) is 0.511. The molecule has 0 radical (unpaired) electrons. The maximum atomic E-state index is 3.92. The van der Waals surface area contributed by atoms with Crippen LogP contribution in [-0.4, -0.2) is 36.1 Å². The Hall–Kier alpha value is -0.0800. The molecule has 0 amide bonds. The predicted molar refractivity (Wildman–Crippen MR) is 95.0 cm³/mol. The second-order valence-corrected chi connectivity index (χ2v) is 6.86. The van der Waals surface area contributed by atoms with E-state index >= 15 is 0 Å². The molecule has 1 rings (SSSR count). The molecule has 2 heteroatoms. The van der Waals surface area contributed by atoms with Crippen LogP contribution in [0.25, 0.3) is 0 Å². The Morgan fingerprint density at radius 2 is 1.57 bits per heavy atom. The summed E-state index contributed by atoms with van der Waals surface area (Å²) < 4.78 is 0. The van der Waals surface area contributed by atoms with Crippen molar-refractivity contribution in [3.8, 4) is 0 Å². The average molecular weight is 297 g/mol. The fourth-order valence-electron chi connectivity index (χ4n) is 4.23. The zero-order valence-electron chi connectivity index (χ0n) is 15.2. The van der Waals surface area contributed by atoms with E-state index in [-0.39, 0.29) is 0 Å². The van der Waals surface area contributed by atoms with Gasteiger partial charge in [-0.1, -0.05) is 53.4 Å². The van der Waals surface area contributed by atoms with Crippen molar-refractivity contribution < 1.29 is 0 Å². The highest BCUT2D eigenvalue weighted by Gasteiger charge is 2.41. The van der Waals surface area contributed by atoms with Gasteiger partial charge in [0.05, 0.1) is 0 Å². The van der Waals surface area contributed by atoms with E-state index in [1.54, 1.807) is 0 Å². The van der Waals surface area contributed by atoms with Gasteiger partial charge in [0, 0.05) is 11.6 Å². The number of rotatable bonds is 12. The summed E-state index contributed by atoms with van der Waals surface area (Å²) in [5.74, 6) is 0. The van der Waals surface area contributed by atoms with Crippen molar-refractivity contribution >= 4 is 0 Å². The molecule has 1 saturated heterocycles. The zero-order chi connectivity index (χ0) is 15.6. The van der Waals surface area contributed by atoms with Gasteiger partial charge in [0.15, 0.2) is 0 Å². The van der Waals surface area contributed by atoms with Crippen molar-refractivity contribution in [2.24, 2.45) is 0 Å². The zero-order valence-corrected chi connectivity index (χ0v) is 15.2. The molecule has 1 aliphatic heterocycles. The molecule has 1 N–H and O–H groups in total. The first kappa shape index (κ1) is 19.0. The van der Waals surface area contributed by atoms with Gasteiger partial charge in [-0.15, -0.1) is 0 Å². The number of hydrogen-bond donors (Lipinski definition) is 1. The Morgan fingerprint density at radius 3 is 2.10 bits per heavy atom. The van der Waals surface area contributed by atoms with Crippen LogP contribution in [0.3, 0.4) is 0 Å². The Labute approximate surface area is 134 Å². The van der Waals surface area contributed by atoms with Crippen molar-refractivity contribution in [3.05, 3.63) is 0 Å². The molecule has 0 bridgehead atoms. The maximum Gasteiger partial charge on any atom is 0.0357 e. The molecular weight excluding hydrogens is 256 g/mol. The van der Waals surface area contributed by atoms with Crippen LogP contribution in [0.1, 0.15) is 91.9 Å². The number of likely N-dealkylation sites (tertiary alicyclic amines) is 1. The van der Waals surface area contributed by atoms with Crippen LogP contribution in [0.5, 0.6) is 0 Å². The number of hydrogen-bond acceptors (Lipinski definition) is 2. The van der Waals surface area contributed by atoms with Crippen LogP contribution in [0.4, 0.5) is 0 Å². The van der Waals surface area contributed by atoms with Gasteiger partial charge in [0.1, 0.15) is 0 Å². The lowest BCUT2D eigenvalue weighted by Gasteiger charge is -2.47. The monoisotopic (exact) mass is 296 g/mol. The molecule has 1 aliphatic rings. The van der Waals surface area contributed by atoms with Gasteiger partial charge in [-0.2, -0.15) is 0 Å². The molecular formula is C19H40N2. The molecule has 2 nitrogen and oxygen atoms in total. The summed E-state index contributed by atoms with van der Waals surface area (Å²) in [4.78, 5) is 2.82. The van der Waals surface area contributed by atoms with Crippen molar-refractivity contribution in [3.63, 3.8) is 0 Å². The highest BCUT2D eigenvalue weighted by atomic mass is 15.2. The lowest BCUT2D eigenvalue weighted by atomic mass is 9.80. The van der Waals surface area contributed by atoms with Crippen LogP contribution in [0.2, 0.25) is 0 Å². The Bertz CT molecular complexity index is 242. The Kier molecular flexibility index (Phi) is 9.59. The minimum absolute atomic E-state index is 0.401. The summed E-state index contributed by atoms with van der Waals surface area (Å²) >= 11 is 0. The van der Waals surface area contributed by atoms with E-state index in [0.29, 0.717) is 11.6 Å². The van der Waals surface area contributed by atoms with Gasteiger partial charge in [-0.25, -0.2) is 0 Å². The topological polar surface area (TPSA) is 15.3 Å². The molecule has 1 unspecified atom stereocenters. The van der Waals surface area contributed by atoms with Gasteiger partial charge < -0.3 is 5.32 Å². The highest BCUT2D eigenvalue weighted by Crippen LogP contribution is 2.33. The summed E-state index contributed by atoms with van der Waals surface area (Å²) in [5.41, 5.74) is 0.401. The first-order valence-corrected chi connectivity index (χ1v) is 9.73. The third-order valence-electron chi connectivity index (χ3n) is 5.60. The van der Waals surface area contributed by atoms with E-state index < -0.39 is 0 Å². The normalized spacial score (nSPS) is 18.3. The highest BCUT2D eigenvalue weighted by molar-refractivity contribution is 5.00. The van der Waals surface area contributed by atoms with E-state index in [2.05, 4.69) is 37.9 Å². The lowest BCUT2D eigenvalue weighted by molar-refractivity contribution is 0.0575. The molecule has 1 heterocycles. The Balaban J connectivity index is 2.72. The molecule has 0 aromatic carbocycles. The third-order valence-corrected chi connectivity index (χ3v) is 5.60. The molecule has 21 heavy (non-hydrogen) atoms. The number of nitrogens with one attached hydrogen (secondary N) is 1. The summed E-state index contributed by atoms with van der Waals surface area (Å²) in [6.45, 7) is 13.2. The summed E-state index contributed by atoms with van der Waals surface area (Å²) in [7, 11) is 0.